The molecule has 2 rings (SSSR count). The molecule has 1 aliphatic carbocycles. The first kappa shape index (κ1) is 13.1. The lowest BCUT2D eigenvalue weighted by Gasteiger charge is -2.18. The van der Waals surface area contributed by atoms with Gasteiger partial charge in [0.25, 0.3) is 0 Å². The maximum absolute atomic E-state index is 10.9. The Kier molecular flexibility index (Phi) is 3.74. The van der Waals surface area contributed by atoms with Crippen molar-refractivity contribution in [1.82, 2.24) is 0 Å². The average molecular weight is 246 g/mol. The van der Waals surface area contributed by atoms with Gasteiger partial charge in [-0.1, -0.05) is 30.7 Å². The molecule has 2 heteroatoms. The van der Waals surface area contributed by atoms with Crippen molar-refractivity contribution < 1.29 is 9.90 Å². The Morgan fingerprint density at radius 1 is 1.44 bits per heavy atom. The maximum Gasteiger partial charge on any atom is 0.306 e. The van der Waals surface area contributed by atoms with Crippen LogP contribution >= 0.6 is 0 Å². The molecule has 1 aromatic carbocycles. The second kappa shape index (κ2) is 5.13. The molecule has 18 heavy (non-hydrogen) atoms. The van der Waals surface area contributed by atoms with Gasteiger partial charge in [0.05, 0.1) is 5.92 Å². The van der Waals surface area contributed by atoms with Gasteiger partial charge >= 0.3 is 5.97 Å². The molecule has 1 saturated carbocycles. The number of hydrogen-bond acceptors (Lipinski definition) is 1. The van der Waals surface area contributed by atoms with Crippen LogP contribution in [0.1, 0.15) is 48.8 Å². The van der Waals surface area contributed by atoms with Gasteiger partial charge < -0.3 is 5.11 Å². The minimum absolute atomic E-state index is 0.0789. The molecule has 1 aliphatic rings. The van der Waals surface area contributed by atoms with Crippen LogP contribution in [0.4, 0.5) is 0 Å². The van der Waals surface area contributed by atoms with Gasteiger partial charge in [0.1, 0.15) is 0 Å². The second-order valence-corrected chi connectivity index (χ2v) is 5.64. The lowest BCUT2D eigenvalue weighted by atomic mass is 9.87. The molecular weight excluding hydrogens is 224 g/mol. The predicted molar refractivity (Wildman–Crippen MR) is 72.8 cm³/mol. The summed E-state index contributed by atoms with van der Waals surface area (Å²) < 4.78 is 0. The van der Waals surface area contributed by atoms with Crippen LogP contribution in [0.3, 0.4) is 0 Å². The highest BCUT2D eigenvalue weighted by Crippen LogP contribution is 2.46. The maximum atomic E-state index is 10.9. The van der Waals surface area contributed by atoms with E-state index in [0.717, 1.165) is 19.3 Å². The number of hydrogen-bond donors (Lipinski definition) is 1. The fraction of sp³-hybridized carbons (Fsp3) is 0.562. The lowest BCUT2D eigenvalue weighted by Crippen LogP contribution is -2.05. The van der Waals surface area contributed by atoms with E-state index >= 15 is 0 Å². The molecule has 3 unspecified atom stereocenters. The number of carbonyl (C=O) groups is 1. The summed E-state index contributed by atoms with van der Waals surface area (Å²) >= 11 is 0. The third-order valence-corrected chi connectivity index (χ3v) is 4.18. The molecule has 0 radical (unpaired) electrons. The van der Waals surface area contributed by atoms with E-state index in [9.17, 15) is 4.79 Å². The third kappa shape index (κ3) is 2.74. The van der Waals surface area contributed by atoms with Crippen molar-refractivity contribution in [3.05, 3.63) is 34.9 Å². The Balaban J connectivity index is 2.07. The zero-order chi connectivity index (χ0) is 13.3. The Bertz CT molecular complexity index is 450. The van der Waals surface area contributed by atoms with Crippen molar-refractivity contribution in [3.8, 4) is 0 Å². The van der Waals surface area contributed by atoms with E-state index in [1.165, 1.54) is 16.7 Å². The molecule has 1 N–H and O–H groups in total. The molecular formula is C16H22O2. The SMILES string of the molecule is CCC(CC1CC1C(=O)O)c1ccc(C)cc1C. The van der Waals surface area contributed by atoms with Crippen molar-refractivity contribution in [3.63, 3.8) is 0 Å². The van der Waals surface area contributed by atoms with Gasteiger partial charge in [-0.25, -0.2) is 0 Å². The standard InChI is InChI=1S/C16H22O2/c1-4-12(8-13-9-15(13)16(17)18)14-6-5-10(2)7-11(14)3/h5-7,12-13,15H,4,8-9H2,1-3H3,(H,17,18). The number of aliphatic carboxylic acids is 1. The second-order valence-electron chi connectivity index (χ2n) is 5.64. The normalized spacial score (nSPS) is 23.7. The van der Waals surface area contributed by atoms with E-state index < -0.39 is 5.97 Å². The van der Waals surface area contributed by atoms with Crippen LogP contribution in [-0.2, 0) is 4.79 Å². The quantitative estimate of drug-likeness (QED) is 0.855. The molecule has 0 aliphatic heterocycles. The number of carboxylic acid groups (broad SMARTS) is 1. The zero-order valence-electron chi connectivity index (χ0n) is 11.4. The minimum atomic E-state index is -0.615. The van der Waals surface area contributed by atoms with Crippen LogP contribution in [0, 0.1) is 25.7 Å². The van der Waals surface area contributed by atoms with Gasteiger partial charge in [0, 0.05) is 0 Å². The summed E-state index contributed by atoms with van der Waals surface area (Å²) in [5, 5.41) is 8.97. The summed E-state index contributed by atoms with van der Waals surface area (Å²) in [6.45, 7) is 6.47. The Morgan fingerprint density at radius 3 is 2.67 bits per heavy atom. The number of rotatable bonds is 5. The largest absolute Gasteiger partial charge is 0.481 e. The lowest BCUT2D eigenvalue weighted by molar-refractivity contribution is -0.138. The van der Waals surface area contributed by atoms with Crippen molar-refractivity contribution in [2.75, 3.05) is 0 Å². The molecule has 98 valence electrons. The Morgan fingerprint density at radius 2 is 2.17 bits per heavy atom. The number of carboxylic acids is 1. The van der Waals surface area contributed by atoms with Gasteiger partial charge in [-0.05, 0) is 56.1 Å². The highest BCUT2D eigenvalue weighted by molar-refractivity contribution is 5.73. The topological polar surface area (TPSA) is 37.3 Å². The van der Waals surface area contributed by atoms with Crippen LogP contribution in [0.15, 0.2) is 18.2 Å². The van der Waals surface area contributed by atoms with Crippen molar-refractivity contribution in [1.29, 1.82) is 0 Å². The van der Waals surface area contributed by atoms with E-state index in [-0.39, 0.29) is 5.92 Å². The molecule has 0 spiro atoms. The molecule has 0 saturated heterocycles. The first-order valence-corrected chi connectivity index (χ1v) is 6.82. The molecule has 0 bridgehead atoms. The predicted octanol–water partition coefficient (Wildman–Crippen LogP) is 3.91. The number of aryl methyl sites for hydroxylation is 2. The summed E-state index contributed by atoms with van der Waals surface area (Å²) in [4.78, 5) is 10.9. The highest BCUT2D eigenvalue weighted by atomic mass is 16.4. The van der Waals surface area contributed by atoms with E-state index in [0.29, 0.717) is 11.8 Å². The average Bonchev–Trinajstić information content (AvgIpc) is 3.06. The molecule has 0 heterocycles. The molecule has 0 amide bonds. The third-order valence-electron chi connectivity index (χ3n) is 4.18. The molecule has 1 aromatic rings. The summed E-state index contributed by atoms with van der Waals surface area (Å²) in [6.07, 6.45) is 2.99. The van der Waals surface area contributed by atoms with E-state index in [4.69, 9.17) is 5.11 Å². The first-order chi connectivity index (χ1) is 8.52. The minimum Gasteiger partial charge on any atom is -0.481 e. The van der Waals surface area contributed by atoms with Gasteiger partial charge in [-0.3, -0.25) is 4.79 Å². The zero-order valence-corrected chi connectivity index (χ0v) is 11.4. The first-order valence-electron chi connectivity index (χ1n) is 6.82. The molecule has 1 fully saturated rings. The summed E-state index contributed by atoms with van der Waals surface area (Å²) in [6, 6.07) is 6.60. The highest BCUT2D eigenvalue weighted by Gasteiger charge is 2.43. The number of benzene rings is 1. The van der Waals surface area contributed by atoms with Crippen molar-refractivity contribution in [2.24, 2.45) is 11.8 Å². The summed E-state index contributed by atoms with van der Waals surface area (Å²) in [5.41, 5.74) is 4.04. The molecule has 0 aromatic heterocycles. The van der Waals surface area contributed by atoms with Gasteiger partial charge in [-0.15, -0.1) is 0 Å². The Labute approximate surface area is 109 Å². The van der Waals surface area contributed by atoms with Crippen LogP contribution in [0.5, 0.6) is 0 Å². The van der Waals surface area contributed by atoms with Crippen LogP contribution in [0.2, 0.25) is 0 Å². The summed E-state index contributed by atoms with van der Waals surface area (Å²) in [5.74, 6) is 0.216. The molecule has 3 atom stereocenters. The molecule has 2 nitrogen and oxygen atoms in total. The van der Waals surface area contributed by atoms with E-state index in [1.54, 1.807) is 0 Å². The van der Waals surface area contributed by atoms with Crippen molar-refractivity contribution >= 4 is 5.97 Å². The van der Waals surface area contributed by atoms with Gasteiger partial charge in [-0.2, -0.15) is 0 Å². The summed E-state index contributed by atoms with van der Waals surface area (Å²) in [7, 11) is 0. The fourth-order valence-electron chi connectivity index (χ4n) is 2.97. The van der Waals surface area contributed by atoms with E-state index in [1.807, 2.05) is 0 Å². The Hall–Kier alpha value is -1.31. The van der Waals surface area contributed by atoms with Gasteiger partial charge in [0.2, 0.25) is 0 Å². The smallest absolute Gasteiger partial charge is 0.306 e. The van der Waals surface area contributed by atoms with Crippen LogP contribution in [-0.4, -0.2) is 11.1 Å². The van der Waals surface area contributed by atoms with Gasteiger partial charge in [0.15, 0.2) is 0 Å². The van der Waals surface area contributed by atoms with E-state index in [2.05, 4.69) is 39.0 Å². The van der Waals surface area contributed by atoms with Crippen LogP contribution < -0.4 is 0 Å². The van der Waals surface area contributed by atoms with Crippen LogP contribution in [0.25, 0.3) is 0 Å². The van der Waals surface area contributed by atoms with Crippen molar-refractivity contribution in [2.45, 2.75) is 46.0 Å². The fourth-order valence-corrected chi connectivity index (χ4v) is 2.97. The monoisotopic (exact) mass is 246 g/mol.